The van der Waals surface area contributed by atoms with Gasteiger partial charge in [0.2, 0.25) is 0 Å². The van der Waals surface area contributed by atoms with Gasteiger partial charge in [0, 0.05) is 29.8 Å². The van der Waals surface area contributed by atoms with Crippen LogP contribution in [0.15, 0.2) is 36.4 Å². The molecule has 0 radical (unpaired) electrons. The summed E-state index contributed by atoms with van der Waals surface area (Å²) >= 11 is 0. The van der Waals surface area contributed by atoms with Gasteiger partial charge in [-0.2, -0.15) is 0 Å². The molecule has 3 N–H and O–H groups in total. The molecule has 0 fully saturated rings. The third-order valence-corrected chi connectivity index (χ3v) is 3.64. The molecule has 23 heavy (non-hydrogen) atoms. The van der Waals surface area contributed by atoms with Gasteiger partial charge in [-0.25, -0.2) is 8.78 Å². The molecule has 6 heteroatoms. The molecule has 0 saturated carbocycles. The average molecular weight is 323 g/mol. The molecule has 2 rings (SSSR count). The number of aromatic hydroxyl groups is 1. The van der Waals surface area contributed by atoms with Crippen molar-refractivity contribution in [2.45, 2.75) is 19.1 Å². The van der Waals surface area contributed by atoms with E-state index < -0.39 is 17.7 Å². The molecule has 0 spiro atoms. The first-order valence-electron chi connectivity index (χ1n) is 7.15. The Morgan fingerprint density at radius 1 is 1.13 bits per heavy atom. The van der Waals surface area contributed by atoms with E-state index in [1.807, 2.05) is 0 Å². The summed E-state index contributed by atoms with van der Waals surface area (Å²) in [6, 6.07) is 7.57. The van der Waals surface area contributed by atoms with Crippen molar-refractivity contribution in [2.75, 3.05) is 13.7 Å². The summed E-state index contributed by atoms with van der Waals surface area (Å²) in [6.45, 7) is 1.84. The molecule has 2 unspecified atom stereocenters. The zero-order chi connectivity index (χ0) is 17.0. The monoisotopic (exact) mass is 323 g/mol. The second kappa shape index (κ2) is 7.39. The molecule has 2 aromatic carbocycles. The lowest BCUT2D eigenvalue weighted by Gasteiger charge is -2.19. The molecule has 0 aliphatic carbocycles. The highest BCUT2D eigenvalue weighted by atomic mass is 19.1. The molecule has 0 saturated heterocycles. The van der Waals surface area contributed by atoms with E-state index in [2.05, 4.69) is 5.32 Å². The predicted octanol–water partition coefficient (Wildman–Crippen LogP) is 3.06. The zero-order valence-corrected chi connectivity index (χ0v) is 12.9. The minimum atomic E-state index is -1.13. The predicted molar refractivity (Wildman–Crippen MR) is 82.4 cm³/mol. The topological polar surface area (TPSA) is 61.7 Å². The number of phenols is 1. The van der Waals surface area contributed by atoms with Crippen LogP contribution >= 0.6 is 0 Å². The van der Waals surface area contributed by atoms with Crippen molar-refractivity contribution in [1.29, 1.82) is 0 Å². The number of halogens is 2. The summed E-state index contributed by atoms with van der Waals surface area (Å²) in [5.41, 5.74) is 0.608. The molecule has 2 aromatic rings. The first kappa shape index (κ1) is 17.2. The van der Waals surface area contributed by atoms with Crippen LogP contribution in [-0.2, 0) is 0 Å². The highest BCUT2D eigenvalue weighted by Gasteiger charge is 2.16. The van der Waals surface area contributed by atoms with Crippen molar-refractivity contribution in [3.05, 3.63) is 59.2 Å². The number of hydrogen-bond donors (Lipinski definition) is 3. The molecule has 0 bridgehead atoms. The standard InChI is InChI=1S/C17H19F2NO3/c1-10(14-8-12(23-2)4-6-16(14)21)20-9-17(22)13-5-3-11(18)7-15(13)19/h3-8,10,17,20-22H,9H2,1-2H3. The van der Waals surface area contributed by atoms with E-state index in [0.717, 1.165) is 12.1 Å². The molecular weight excluding hydrogens is 304 g/mol. The molecule has 0 aliphatic rings. The quantitative estimate of drug-likeness (QED) is 0.764. The number of rotatable bonds is 6. The van der Waals surface area contributed by atoms with Crippen LogP contribution in [0.4, 0.5) is 8.78 Å². The SMILES string of the molecule is COc1ccc(O)c(C(C)NCC(O)c2ccc(F)cc2F)c1. The summed E-state index contributed by atoms with van der Waals surface area (Å²) in [5.74, 6) is -0.804. The van der Waals surface area contributed by atoms with Gasteiger partial charge in [0.1, 0.15) is 23.1 Å². The lowest BCUT2D eigenvalue weighted by molar-refractivity contribution is 0.166. The van der Waals surface area contributed by atoms with Gasteiger partial charge >= 0.3 is 0 Å². The minimum Gasteiger partial charge on any atom is -0.508 e. The third kappa shape index (κ3) is 4.18. The Morgan fingerprint density at radius 2 is 1.87 bits per heavy atom. The summed E-state index contributed by atoms with van der Waals surface area (Å²) in [4.78, 5) is 0. The first-order valence-corrected chi connectivity index (χ1v) is 7.15. The van der Waals surface area contributed by atoms with Crippen LogP contribution in [0.25, 0.3) is 0 Å². The van der Waals surface area contributed by atoms with Gasteiger partial charge < -0.3 is 20.3 Å². The molecule has 0 heterocycles. The summed E-state index contributed by atoms with van der Waals surface area (Å²) in [6.07, 6.45) is -1.13. The maximum atomic E-state index is 13.6. The molecule has 124 valence electrons. The zero-order valence-electron chi connectivity index (χ0n) is 12.9. The van der Waals surface area contributed by atoms with E-state index in [1.165, 1.54) is 19.2 Å². The molecular formula is C17H19F2NO3. The fourth-order valence-corrected chi connectivity index (χ4v) is 2.29. The highest BCUT2D eigenvalue weighted by molar-refractivity contribution is 5.41. The van der Waals surface area contributed by atoms with E-state index in [0.29, 0.717) is 11.3 Å². The first-order chi connectivity index (χ1) is 10.9. The Balaban J connectivity index is 2.05. The molecule has 0 amide bonds. The second-order valence-corrected chi connectivity index (χ2v) is 5.24. The van der Waals surface area contributed by atoms with E-state index in [1.54, 1.807) is 19.1 Å². The van der Waals surface area contributed by atoms with Crippen molar-refractivity contribution < 1.29 is 23.7 Å². The second-order valence-electron chi connectivity index (χ2n) is 5.24. The van der Waals surface area contributed by atoms with Gasteiger partial charge in [-0.15, -0.1) is 0 Å². The van der Waals surface area contributed by atoms with Crippen LogP contribution < -0.4 is 10.1 Å². The highest BCUT2D eigenvalue weighted by Crippen LogP contribution is 2.28. The summed E-state index contributed by atoms with van der Waals surface area (Å²) in [7, 11) is 1.52. The van der Waals surface area contributed by atoms with Crippen molar-refractivity contribution in [1.82, 2.24) is 5.32 Å². The lowest BCUT2D eigenvalue weighted by Crippen LogP contribution is -2.25. The number of nitrogens with one attached hydrogen (secondary N) is 1. The summed E-state index contributed by atoms with van der Waals surface area (Å²) < 4.78 is 31.6. The van der Waals surface area contributed by atoms with Crippen molar-refractivity contribution in [3.8, 4) is 11.5 Å². The Hall–Kier alpha value is -2.18. The van der Waals surface area contributed by atoms with Crippen molar-refractivity contribution >= 4 is 0 Å². The molecule has 0 aliphatic heterocycles. The number of aliphatic hydroxyl groups excluding tert-OH is 1. The maximum absolute atomic E-state index is 13.6. The van der Waals surface area contributed by atoms with Crippen LogP contribution in [0.5, 0.6) is 11.5 Å². The summed E-state index contributed by atoms with van der Waals surface area (Å²) in [5, 5.41) is 22.9. The Morgan fingerprint density at radius 3 is 2.52 bits per heavy atom. The maximum Gasteiger partial charge on any atom is 0.131 e. The van der Waals surface area contributed by atoms with Gasteiger partial charge in [-0.1, -0.05) is 6.07 Å². The van der Waals surface area contributed by atoms with Crippen molar-refractivity contribution in [2.24, 2.45) is 0 Å². The van der Waals surface area contributed by atoms with Gasteiger partial charge in [0.05, 0.1) is 13.2 Å². The number of phenolic OH excluding ortho intramolecular Hbond substituents is 1. The Bertz CT molecular complexity index is 679. The van der Waals surface area contributed by atoms with Crippen molar-refractivity contribution in [3.63, 3.8) is 0 Å². The smallest absolute Gasteiger partial charge is 0.131 e. The van der Waals surface area contributed by atoms with E-state index in [4.69, 9.17) is 4.74 Å². The Labute approximate surface area is 133 Å². The number of benzene rings is 2. The van der Waals surface area contributed by atoms with Crippen LogP contribution in [0.3, 0.4) is 0 Å². The number of hydrogen-bond acceptors (Lipinski definition) is 4. The van der Waals surface area contributed by atoms with Crippen LogP contribution in [0, 0.1) is 11.6 Å². The molecule has 0 aromatic heterocycles. The minimum absolute atomic E-state index is 0.0148. The Kier molecular flexibility index (Phi) is 5.52. The fraction of sp³-hybridized carbons (Fsp3) is 0.294. The van der Waals surface area contributed by atoms with Gasteiger partial charge in [-0.3, -0.25) is 0 Å². The third-order valence-electron chi connectivity index (χ3n) is 3.64. The normalized spacial score (nSPS) is 13.6. The van der Waals surface area contributed by atoms with Gasteiger partial charge in [-0.05, 0) is 31.2 Å². The van der Waals surface area contributed by atoms with Crippen LogP contribution in [-0.4, -0.2) is 23.9 Å². The molecule has 2 atom stereocenters. The number of aliphatic hydroxyl groups is 1. The van der Waals surface area contributed by atoms with Gasteiger partial charge in [0.25, 0.3) is 0 Å². The average Bonchev–Trinajstić information content (AvgIpc) is 2.52. The molecule has 4 nitrogen and oxygen atoms in total. The van der Waals surface area contributed by atoms with Gasteiger partial charge in [0.15, 0.2) is 0 Å². The van der Waals surface area contributed by atoms with E-state index in [-0.39, 0.29) is 23.9 Å². The largest absolute Gasteiger partial charge is 0.508 e. The van der Waals surface area contributed by atoms with Crippen LogP contribution in [0.2, 0.25) is 0 Å². The van der Waals surface area contributed by atoms with E-state index >= 15 is 0 Å². The fourth-order valence-electron chi connectivity index (χ4n) is 2.29. The number of methoxy groups -OCH3 is 1. The van der Waals surface area contributed by atoms with Crippen LogP contribution in [0.1, 0.15) is 30.2 Å². The number of ether oxygens (including phenoxy) is 1. The van der Waals surface area contributed by atoms with E-state index in [9.17, 15) is 19.0 Å². The lowest BCUT2D eigenvalue weighted by atomic mass is 10.0.